The number of nitro benzene ring substituents is 1. The SMILES string of the molecule is CCn1c(C(C)N2CCN(C(=O)c3ccc([N+](=O)[O-])cc3)CC2)nc2ccccc2c1=O. The molecule has 32 heavy (non-hydrogen) atoms. The highest BCUT2D eigenvalue weighted by Gasteiger charge is 2.28. The van der Waals surface area contributed by atoms with Gasteiger partial charge in [0.1, 0.15) is 5.82 Å². The minimum Gasteiger partial charge on any atom is -0.336 e. The van der Waals surface area contributed by atoms with Crippen LogP contribution in [0.4, 0.5) is 5.69 Å². The van der Waals surface area contributed by atoms with Crippen molar-refractivity contribution in [3.63, 3.8) is 0 Å². The second-order valence-corrected chi connectivity index (χ2v) is 7.84. The van der Waals surface area contributed by atoms with E-state index in [1.807, 2.05) is 32.0 Å². The molecule has 1 aliphatic rings. The van der Waals surface area contributed by atoms with Gasteiger partial charge in [0.25, 0.3) is 17.2 Å². The number of piperazine rings is 1. The summed E-state index contributed by atoms with van der Waals surface area (Å²) >= 11 is 0. The smallest absolute Gasteiger partial charge is 0.269 e. The summed E-state index contributed by atoms with van der Waals surface area (Å²) in [7, 11) is 0. The zero-order valence-electron chi connectivity index (χ0n) is 18.1. The van der Waals surface area contributed by atoms with Crippen molar-refractivity contribution in [2.75, 3.05) is 26.2 Å². The molecule has 0 bridgehead atoms. The number of benzene rings is 2. The van der Waals surface area contributed by atoms with E-state index < -0.39 is 4.92 Å². The van der Waals surface area contributed by atoms with Crippen LogP contribution >= 0.6 is 0 Å². The Morgan fingerprint density at radius 1 is 1.09 bits per heavy atom. The lowest BCUT2D eigenvalue weighted by atomic mass is 10.1. The van der Waals surface area contributed by atoms with Crippen molar-refractivity contribution in [1.82, 2.24) is 19.4 Å². The fourth-order valence-corrected chi connectivity index (χ4v) is 4.19. The first kappa shape index (κ1) is 21.6. The molecule has 3 aromatic rings. The molecular formula is C23H25N5O4. The second kappa shape index (κ2) is 8.88. The van der Waals surface area contributed by atoms with Crippen LogP contribution in [0.25, 0.3) is 10.9 Å². The molecule has 1 aliphatic heterocycles. The quantitative estimate of drug-likeness (QED) is 0.451. The number of amides is 1. The average molecular weight is 435 g/mol. The lowest BCUT2D eigenvalue weighted by Crippen LogP contribution is -2.50. The molecule has 9 heteroatoms. The van der Waals surface area contributed by atoms with Gasteiger partial charge in [0, 0.05) is 50.4 Å². The van der Waals surface area contributed by atoms with E-state index in [-0.39, 0.29) is 23.2 Å². The number of hydrogen-bond donors (Lipinski definition) is 0. The topological polar surface area (TPSA) is 102 Å². The largest absolute Gasteiger partial charge is 0.336 e. The van der Waals surface area contributed by atoms with Gasteiger partial charge in [0.05, 0.1) is 21.9 Å². The number of nitrogens with zero attached hydrogens (tertiary/aromatic N) is 5. The Labute approximate surface area is 185 Å². The van der Waals surface area contributed by atoms with E-state index in [9.17, 15) is 19.7 Å². The van der Waals surface area contributed by atoms with Gasteiger partial charge >= 0.3 is 0 Å². The summed E-state index contributed by atoms with van der Waals surface area (Å²) in [5.74, 6) is 0.591. The van der Waals surface area contributed by atoms with Crippen LogP contribution in [0, 0.1) is 10.1 Å². The minimum atomic E-state index is -0.481. The van der Waals surface area contributed by atoms with Crippen LogP contribution in [0.15, 0.2) is 53.3 Å². The van der Waals surface area contributed by atoms with Gasteiger partial charge in [-0.15, -0.1) is 0 Å². The lowest BCUT2D eigenvalue weighted by Gasteiger charge is -2.38. The zero-order valence-corrected chi connectivity index (χ0v) is 18.1. The fraction of sp³-hybridized carbons (Fsp3) is 0.348. The summed E-state index contributed by atoms with van der Waals surface area (Å²) in [6.07, 6.45) is 0. The molecule has 2 heterocycles. The maximum absolute atomic E-state index is 12.9. The predicted molar refractivity (Wildman–Crippen MR) is 121 cm³/mol. The molecular weight excluding hydrogens is 410 g/mol. The Balaban J connectivity index is 1.49. The molecule has 2 aromatic carbocycles. The normalized spacial score (nSPS) is 15.6. The molecule has 1 atom stereocenters. The Hall–Kier alpha value is -3.59. The number of hydrogen-bond acceptors (Lipinski definition) is 6. The summed E-state index contributed by atoms with van der Waals surface area (Å²) in [4.78, 5) is 44.8. The molecule has 0 saturated carbocycles. The highest BCUT2D eigenvalue weighted by atomic mass is 16.6. The monoisotopic (exact) mass is 435 g/mol. The summed E-state index contributed by atoms with van der Waals surface area (Å²) in [5.41, 5.74) is 1.06. The number of fused-ring (bicyclic) bond motifs is 1. The number of nitro groups is 1. The van der Waals surface area contributed by atoms with Crippen LogP contribution in [0.5, 0.6) is 0 Å². The van der Waals surface area contributed by atoms with Gasteiger partial charge in [-0.25, -0.2) is 4.98 Å². The van der Waals surface area contributed by atoms with Gasteiger partial charge in [-0.05, 0) is 38.1 Å². The first-order chi connectivity index (χ1) is 15.4. The molecule has 0 N–H and O–H groups in total. The number of para-hydroxylation sites is 1. The van der Waals surface area contributed by atoms with Crippen molar-refractivity contribution in [2.24, 2.45) is 0 Å². The third-order valence-electron chi connectivity index (χ3n) is 6.06. The molecule has 1 aromatic heterocycles. The van der Waals surface area contributed by atoms with E-state index in [2.05, 4.69) is 4.90 Å². The number of non-ortho nitro benzene ring substituents is 1. The third kappa shape index (κ3) is 3.99. The van der Waals surface area contributed by atoms with Crippen LogP contribution in [0.1, 0.15) is 36.1 Å². The average Bonchev–Trinajstić information content (AvgIpc) is 2.83. The van der Waals surface area contributed by atoms with E-state index in [4.69, 9.17) is 4.98 Å². The van der Waals surface area contributed by atoms with Crippen molar-refractivity contribution in [1.29, 1.82) is 0 Å². The van der Waals surface area contributed by atoms with Crippen LogP contribution in [0.3, 0.4) is 0 Å². The van der Waals surface area contributed by atoms with Crippen LogP contribution in [-0.2, 0) is 6.54 Å². The van der Waals surface area contributed by atoms with Gasteiger partial charge in [-0.3, -0.25) is 29.2 Å². The van der Waals surface area contributed by atoms with Crippen molar-refractivity contribution in [3.05, 3.63) is 80.4 Å². The van der Waals surface area contributed by atoms with E-state index in [1.54, 1.807) is 15.5 Å². The second-order valence-electron chi connectivity index (χ2n) is 7.84. The van der Waals surface area contributed by atoms with Gasteiger partial charge in [0.15, 0.2) is 0 Å². The van der Waals surface area contributed by atoms with E-state index in [0.717, 1.165) is 5.82 Å². The number of carbonyl (C=O) groups excluding carboxylic acids is 1. The van der Waals surface area contributed by atoms with E-state index >= 15 is 0 Å². The lowest BCUT2D eigenvalue weighted by molar-refractivity contribution is -0.384. The first-order valence-corrected chi connectivity index (χ1v) is 10.7. The molecule has 9 nitrogen and oxygen atoms in total. The van der Waals surface area contributed by atoms with Crippen LogP contribution in [0.2, 0.25) is 0 Å². The van der Waals surface area contributed by atoms with Crippen LogP contribution < -0.4 is 5.56 Å². The van der Waals surface area contributed by atoms with Gasteiger partial charge < -0.3 is 4.90 Å². The molecule has 1 amide bonds. The molecule has 1 unspecified atom stereocenters. The van der Waals surface area contributed by atoms with Gasteiger partial charge in [-0.2, -0.15) is 0 Å². The van der Waals surface area contributed by atoms with Crippen molar-refractivity contribution in [2.45, 2.75) is 26.4 Å². The summed E-state index contributed by atoms with van der Waals surface area (Å²) in [6, 6.07) is 13.0. The standard InChI is InChI=1S/C23H25N5O4/c1-3-27-21(24-20-7-5-4-6-19(20)23(27)30)16(2)25-12-14-26(15-13-25)22(29)17-8-10-18(11-9-17)28(31)32/h4-11,16H,3,12-15H2,1-2H3. The van der Waals surface area contributed by atoms with E-state index in [1.165, 1.54) is 24.3 Å². The molecule has 1 saturated heterocycles. The summed E-state index contributed by atoms with van der Waals surface area (Å²) in [5, 5.41) is 11.4. The first-order valence-electron chi connectivity index (χ1n) is 10.7. The molecule has 0 aliphatic carbocycles. The number of carbonyl (C=O) groups is 1. The molecule has 1 fully saturated rings. The van der Waals surface area contributed by atoms with E-state index in [0.29, 0.717) is 49.2 Å². The van der Waals surface area contributed by atoms with Gasteiger partial charge in [-0.1, -0.05) is 12.1 Å². The Morgan fingerprint density at radius 3 is 2.38 bits per heavy atom. The Bertz CT molecular complexity index is 1210. The fourth-order valence-electron chi connectivity index (χ4n) is 4.19. The Kier molecular flexibility index (Phi) is 6.00. The third-order valence-corrected chi connectivity index (χ3v) is 6.06. The minimum absolute atomic E-state index is 0.0352. The summed E-state index contributed by atoms with van der Waals surface area (Å²) in [6.45, 7) is 6.87. The Morgan fingerprint density at radius 2 is 1.75 bits per heavy atom. The molecule has 166 valence electrons. The molecule has 0 radical (unpaired) electrons. The van der Waals surface area contributed by atoms with Gasteiger partial charge in [0.2, 0.25) is 0 Å². The number of aromatic nitrogens is 2. The van der Waals surface area contributed by atoms with Crippen LogP contribution in [-0.4, -0.2) is 56.4 Å². The highest BCUT2D eigenvalue weighted by molar-refractivity contribution is 5.94. The highest BCUT2D eigenvalue weighted by Crippen LogP contribution is 2.22. The van der Waals surface area contributed by atoms with Crippen molar-refractivity contribution in [3.8, 4) is 0 Å². The molecule has 0 spiro atoms. The van der Waals surface area contributed by atoms with Crippen molar-refractivity contribution < 1.29 is 9.72 Å². The molecule has 4 rings (SSSR count). The van der Waals surface area contributed by atoms with Crippen molar-refractivity contribution >= 4 is 22.5 Å². The predicted octanol–water partition coefficient (Wildman–Crippen LogP) is 2.84. The summed E-state index contributed by atoms with van der Waals surface area (Å²) < 4.78 is 1.72. The zero-order chi connectivity index (χ0) is 22.8. The maximum atomic E-state index is 12.9. The maximum Gasteiger partial charge on any atom is 0.269 e. The number of rotatable bonds is 5.